The molecule has 0 bridgehead atoms. The molecule has 0 aliphatic heterocycles. The Balaban J connectivity index is 1.88. The number of hydrogen-bond donors (Lipinski definition) is 1. The van der Waals surface area contributed by atoms with E-state index in [1.807, 2.05) is 32.3 Å². The molecule has 3 aromatic rings. The summed E-state index contributed by atoms with van der Waals surface area (Å²) in [7, 11) is 7.08. The molecule has 0 aliphatic rings. The van der Waals surface area contributed by atoms with Gasteiger partial charge in [-0.25, -0.2) is 9.97 Å². The molecule has 9 heteroatoms. The highest BCUT2D eigenvalue weighted by Crippen LogP contribution is 2.23. The zero-order chi connectivity index (χ0) is 27.8. The minimum Gasteiger partial charge on any atom is -0.342 e. The van der Waals surface area contributed by atoms with E-state index in [0.29, 0.717) is 34.1 Å². The van der Waals surface area contributed by atoms with E-state index in [2.05, 4.69) is 26.8 Å². The number of aromatic nitrogens is 2. The van der Waals surface area contributed by atoms with Crippen LogP contribution in [-0.2, 0) is 28.9 Å². The second-order valence-electron chi connectivity index (χ2n) is 9.36. The van der Waals surface area contributed by atoms with Crippen molar-refractivity contribution < 1.29 is 14.4 Å². The quantitative estimate of drug-likeness (QED) is 0.229. The Bertz CT molecular complexity index is 1350. The van der Waals surface area contributed by atoms with Gasteiger partial charge in [-0.05, 0) is 49.3 Å². The fourth-order valence-electron chi connectivity index (χ4n) is 3.83. The molecule has 1 aromatic heterocycles. The third-order valence-electron chi connectivity index (χ3n) is 5.90. The molecule has 3 rings (SSSR count). The average Bonchev–Trinajstić information content (AvgIpc) is 2.89. The van der Waals surface area contributed by atoms with E-state index in [4.69, 9.17) is 11.6 Å². The van der Waals surface area contributed by atoms with Crippen LogP contribution in [0.15, 0.2) is 61.3 Å². The first-order valence-electron chi connectivity index (χ1n) is 12.1. The topological polar surface area (TPSA) is 95.5 Å². The Morgan fingerprint density at radius 2 is 1.76 bits per heavy atom. The molecule has 0 saturated carbocycles. The van der Waals surface area contributed by atoms with Crippen molar-refractivity contribution in [2.45, 2.75) is 19.3 Å². The van der Waals surface area contributed by atoms with Crippen molar-refractivity contribution in [3.05, 3.63) is 100 Å². The fraction of sp³-hybridized carbons (Fsp3) is 0.276. The van der Waals surface area contributed by atoms with Gasteiger partial charge in [-0.1, -0.05) is 54.6 Å². The normalized spacial score (nSPS) is 10.8. The van der Waals surface area contributed by atoms with Gasteiger partial charge in [0.15, 0.2) is 0 Å². The fourth-order valence-corrected chi connectivity index (χ4v) is 3.98. The van der Waals surface area contributed by atoms with Crippen LogP contribution >= 0.6 is 11.6 Å². The van der Waals surface area contributed by atoms with Crippen molar-refractivity contribution in [1.82, 2.24) is 19.8 Å². The Hall–Kier alpha value is -3.88. The van der Waals surface area contributed by atoms with Gasteiger partial charge < -0.3 is 15.1 Å². The van der Waals surface area contributed by atoms with Crippen molar-refractivity contribution in [1.29, 1.82) is 0 Å². The number of hydrogen-bond acceptors (Lipinski definition) is 6. The van der Waals surface area contributed by atoms with Gasteiger partial charge in [0.05, 0.1) is 10.7 Å². The number of benzene rings is 2. The van der Waals surface area contributed by atoms with Crippen LogP contribution in [0.1, 0.15) is 38.6 Å². The standard InChI is InChI=1S/C29H32ClN5O3/c1-6-27(36)33-24-15-19(11-12-20(24)13-14-34(2)3)16-26-31-18-23(30)25(32-26)17-21-9-7-8-10-22(21)28(37)29(38)35(4)5/h6-12,15,18H,1,13-14,16-17H2,2-5H3,(H,33,36). The molecule has 1 N–H and O–H groups in total. The summed E-state index contributed by atoms with van der Waals surface area (Å²) >= 11 is 6.43. The first-order valence-corrected chi connectivity index (χ1v) is 12.5. The lowest BCUT2D eigenvalue weighted by Gasteiger charge is -2.15. The second-order valence-corrected chi connectivity index (χ2v) is 9.77. The lowest BCUT2D eigenvalue weighted by molar-refractivity contribution is -0.124. The SMILES string of the molecule is C=CC(=O)Nc1cc(Cc2ncc(Cl)c(Cc3ccccc3C(=O)C(=O)N(C)C)n2)ccc1CCN(C)C. The number of carbonyl (C=O) groups is 3. The van der Waals surface area contributed by atoms with Gasteiger partial charge >= 0.3 is 0 Å². The second kappa shape index (κ2) is 13.1. The Morgan fingerprint density at radius 1 is 1.03 bits per heavy atom. The van der Waals surface area contributed by atoms with Crippen LogP contribution in [0.25, 0.3) is 0 Å². The molecule has 1 heterocycles. The third-order valence-corrected chi connectivity index (χ3v) is 6.21. The number of likely N-dealkylation sites (N-methyl/N-ethyl adjacent to an activating group) is 2. The average molecular weight is 534 g/mol. The van der Waals surface area contributed by atoms with Gasteiger partial charge in [0.1, 0.15) is 5.82 Å². The Labute approximate surface area is 228 Å². The zero-order valence-corrected chi connectivity index (χ0v) is 22.9. The van der Waals surface area contributed by atoms with E-state index < -0.39 is 11.7 Å². The van der Waals surface area contributed by atoms with Gasteiger partial charge in [0.25, 0.3) is 11.7 Å². The maximum atomic E-state index is 12.7. The number of rotatable bonds is 11. The largest absolute Gasteiger partial charge is 0.342 e. The lowest BCUT2D eigenvalue weighted by Crippen LogP contribution is -2.30. The summed E-state index contributed by atoms with van der Waals surface area (Å²) in [5.41, 5.74) is 4.18. The van der Waals surface area contributed by atoms with E-state index in [-0.39, 0.29) is 12.3 Å². The van der Waals surface area contributed by atoms with E-state index in [1.54, 1.807) is 44.6 Å². The molecule has 2 aromatic carbocycles. The summed E-state index contributed by atoms with van der Waals surface area (Å²) in [5, 5.41) is 3.27. The van der Waals surface area contributed by atoms with E-state index in [0.717, 1.165) is 29.8 Å². The van der Waals surface area contributed by atoms with E-state index in [9.17, 15) is 14.4 Å². The third kappa shape index (κ3) is 7.57. The van der Waals surface area contributed by atoms with Gasteiger partial charge in [-0.3, -0.25) is 14.4 Å². The monoisotopic (exact) mass is 533 g/mol. The van der Waals surface area contributed by atoms with Crippen LogP contribution in [0.4, 0.5) is 5.69 Å². The summed E-state index contributed by atoms with van der Waals surface area (Å²) in [6, 6.07) is 12.9. The summed E-state index contributed by atoms with van der Waals surface area (Å²) in [6.07, 6.45) is 4.23. The van der Waals surface area contributed by atoms with Crippen LogP contribution in [0.5, 0.6) is 0 Å². The minimum absolute atomic E-state index is 0.265. The van der Waals surface area contributed by atoms with Gasteiger partial charge in [0.2, 0.25) is 5.91 Å². The zero-order valence-electron chi connectivity index (χ0n) is 22.1. The maximum absolute atomic E-state index is 12.7. The van der Waals surface area contributed by atoms with Crippen LogP contribution in [0.3, 0.4) is 0 Å². The van der Waals surface area contributed by atoms with Crippen molar-refractivity contribution >= 4 is 34.9 Å². The molecule has 0 saturated heterocycles. The highest BCUT2D eigenvalue weighted by Gasteiger charge is 2.21. The van der Waals surface area contributed by atoms with Crippen LogP contribution in [0.2, 0.25) is 5.02 Å². The number of nitrogens with one attached hydrogen (secondary N) is 1. The smallest absolute Gasteiger partial charge is 0.294 e. The summed E-state index contributed by atoms with van der Waals surface area (Å²) < 4.78 is 0. The van der Waals surface area contributed by atoms with Crippen molar-refractivity contribution in [2.24, 2.45) is 0 Å². The number of amides is 2. The minimum atomic E-state index is -0.597. The first-order chi connectivity index (χ1) is 18.1. The molecule has 0 spiro atoms. The Morgan fingerprint density at radius 3 is 2.45 bits per heavy atom. The number of halogens is 1. The number of ketones is 1. The number of nitrogens with zero attached hydrogens (tertiary/aromatic N) is 4. The number of carbonyl (C=O) groups excluding carboxylic acids is 3. The molecule has 38 heavy (non-hydrogen) atoms. The predicted octanol–water partition coefficient (Wildman–Crippen LogP) is 3.81. The van der Waals surface area contributed by atoms with E-state index in [1.165, 1.54) is 11.0 Å². The van der Waals surface area contributed by atoms with Crippen LogP contribution < -0.4 is 5.32 Å². The van der Waals surface area contributed by atoms with Crippen molar-refractivity contribution in [2.75, 3.05) is 40.1 Å². The maximum Gasteiger partial charge on any atom is 0.294 e. The molecule has 198 valence electrons. The first kappa shape index (κ1) is 28.7. The van der Waals surface area contributed by atoms with Crippen molar-refractivity contribution in [3.63, 3.8) is 0 Å². The summed E-state index contributed by atoms with van der Waals surface area (Å²) in [4.78, 5) is 49.4. The molecule has 0 unspecified atom stereocenters. The van der Waals surface area contributed by atoms with Crippen molar-refractivity contribution in [3.8, 4) is 0 Å². The highest BCUT2D eigenvalue weighted by atomic mass is 35.5. The summed E-state index contributed by atoms with van der Waals surface area (Å²) in [5.74, 6) is -0.918. The van der Waals surface area contributed by atoms with E-state index >= 15 is 0 Å². The highest BCUT2D eigenvalue weighted by molar-refractivity contribution is 6.43. The predicted molar refractivity (Wildman–Crippen MR) is 150 cm³/mol. The number of anilines is 1. The molecule has 8 nitrogen and oxygen atoms in total. The van der Waals surface area contributed by atoms with Crippen LogP contribution in [0, 0.1) is 0 Å². The Kier molecular flexibility index (Phi) is 9.87. The molecular formula is C29H32ClN5O3. The molecule has 0 aliphatic carbocycles. The van der Waals surface area contributed by atoms with Gasteiger partial charge in [-0.15, -0.1) is 0 Å². The molecule has 0 fully saturated rings. The van der Waals surface area contributed by atoms with Gasteiger partial charge in [-0.2, -0.15) is 0 Å². The summed E-state index contributed by atoms with van der Waals surface area (Å²) in [6.45, 7) is 4.38. The van der Waals surface area contributed by atoms with Gasteiger partial charge in [0, 0.05) is 50.9 Å². The van der Waals surface area contributed by atoms with Crippen LogP contribution in [-0.4, -0.2) is 72.1 Å². The molecule has 0 radical (unpaired) electrons. The number of Topliss-reactive ketones (excluding diaryl/α,β-unsaturated/α-hetero) is 1. The molecule has 0 atom stereocenters. The molecular weight excluding hydrogens is 502 g/mol. The lowest BCUT2D eigenvalue weighted by atomic mass is 9.98. The molecule has 2 amide bonds.